The molecule has 0 saturated carbocycles. The first-order valence-electron chi connectivity index (χ1n) is 6.23. The maximum absolute atomic E-state index is 11.5. The second-order valence-electron chi connectivity index (χ2n) is 4.33. The summed E-state index contributed by atoms with van der Waals surface area (Å²) in [5.74, 6) is -0.509. The molecule has 20 heavy (non-hydrogen) atoms. The molecule has 0 fully saturated rings. The van der Waals surface area contributed by atoms with E-state index in [4.69, 9.17) is 0 Å². The summed E-state index contributed by atoms with van der Waals surface area (Å²) in [4.78, 5) is 23.9. The van der Waals surface area contributed by atoms with E-state index < -0.39 is 10.9 Å². The van der Waals surface area contributed by atoms with Crippen LogP contribution in [0.1, 0.15) is 16.8 Å². The average Bonchev–Trinajstić information content (AvgIpc) is 2.45. The van der Waals surface area contributed by atoms with E-state index in [-0.39, 0.29) is 5.69 Å². The zero-order valence-corrected chi connectivity index (χ0v) is 11.9. The number of nitrogens with zero attached hydrogens (tertiary/aromatic N) is 2. The molecule has 7 nitrogen and oxygen atoms in total. The number of hydrogen-bond donors (Lipinski definition) is 1. The Morgan fingerprint density at radius 1 is 1.50 bits per heavy atom. The quantitative estimate of drug-likeness (QED) is 0.352. The normalized spacial score (nSPS) is 10.2. The maximum Gasteiger partial charge on any atom is 0.337 e. The van der Waals surface area contributed by atoms with Crippen molar-refractivity contribution in [1.82, 2.24) is 5.32 Å². The first kappa shape index (κ1) is 15.9. The van der Waals surface area contributed by atoms with Crippen LogP contribution >= 0.6 is 0 Å². The molecule has 0 heterocycles. The number of nitro benzene ring substituents is 1. The van der Waals surface area contributed by atoms with E-state index in [0.717, 1.165) is 13.0 Å². The van der Waals surface area contributed by atoms with Gasteiger partial charge in [0.25, 0.3) is 5.69 Å². The highest BCUT2D eigenvalue weighted by Crippen LogP contribution is 2.28. The summed E-state index contributed by atoms with van der Waals surface area (Å²) in [5, 5.41) is 14.1. The van der Waals surface area contributed by atoms with Gasteiger partial charge in [0.2, 0.25) is 0 Å². The predicted octanol–water partition coefficient (Wildman–Crippen LogP) is 1.43. The molecule has 1 N–H and O–H groups in total. The summed E-state index contributed by atoms with van der Waals surface area (Å²) in [6.07, 6.45) is 0.840. The third-order valence-electron chi connectivity index (χ3n) is 2.92. The van der Waals surface area contributed by atoms with Crippen LogP contribution in [0.3, 0.4) is 0 Å². The standard InChI is InChI=1S/C13H19N3O4/c1-14-7-4-8-15(2)12-9-10(13(17)20-3)5-6-11(12)16(18)19/h5-6,9,14H,4,7-8H2,1-3H3. The summed E-state index contributed by atoms with van der Waals surface area (Å²) in [7, 11) is 4.89. The lowest BCUT2D eigenvalue weighted by Crippen LogP contribution is -2.23. The highest BCUT2D eigenvalue weighted by atomic mass is 16.6. The smallest absolute Gasteiger partial charge is 0.337 e. The molecule has 0 aliphatic heterocycles. The Hall–Kier alpha value is -2.15. The van der Waals surface area contributed by atoms with Crippen molar-refractivity contribution in [3.63, 3.8) is 0 Å². The molecule has 0 aliphatic carbocycles. The molecule has 110 valence electrons. The number of rotatable bonds is 7. The Bertz CT molecular complexity index is 491. The van der Waals surface area contributed by atoms with Gasteiger partial charge >= 0.3 is 5.97 Å². The monoisotopic (exact) mass is 281 g/mol. The van der Waals surface area contributed by atoms with Crippen LogP contribution in [-0.4, -0.2) is 45.2 Å². The summed E-state index contributed by atoms with van der Waals surface area (Å²) in [6, 6.07) is 4.22. The largest absolute Gasteiger partial charge is 0.465 e. The first-order chi connectivity index (χ1) is 9.51. The van der Waals surface area contributed by atoms with Gasteiger partial charge in [-0.05, 0) is 32.1 Å². The lowest BCUT2D eigenvalue weighted by atomic mass is 10.1. The molecule has 0 amide bonds. The van der Waals surface area contributed by atoms with Crippen molar-refractivity contribution >= 4 is 17.3 Å². The van der Waals surface area contributed by atoms with E-state index in [1.807, 2.05) is 7.05 Å². The molecule has 1 rings (SSSR count). The van der Waals surface area contributed by atoms with Crippen LogP contribution in [0, 0.1) is 10.1 Å². The summed E-state index contributed by atoms with van der Waals surface area (Å²) in [5.41, 5.74) is 0.687. The molecule has 0 aliphatic rings. The molecule has 0 unspecified atom stereocenters. The van der Waals surface area contributed by atoms with Crippen LogP contribution < -0.4 is 10.2 Å². The molecule has 1 aromatic rings. The minimum Gasteiger partial charge on any atom is -0.465 e. The average molecular weight is 281 g/mol. The van der Waals surface area contributed by atoms with Crippen molar-refractivity contribution in [2.75, 3.05) is 39.2 Å². The Kier molecular flexibility index (Phi) is 5.92. The molecule has 0 atom stereocenters. The van der Waals surface area contributed by atoms with Crippen LogP contribution in [0.2, 0.25) is 0 Å². The van der Waals surface area contributed by atoms with Crippen LogP contribution in [0.25, 0.3) is 0 Å². The van der Waals surface area contributed by atoms with Crippen molar-refractivity contribution in [3.8, 4) is 0 Å². The number of hydrogen-bond acceptors (Lipinski definition) is 6. The molecular formula is C13H19N3O4. The summed E-state index contributed by atoms with van der Waals surface area (Å²) < 4.78 is 4.63. The second kappa shape index (κ2) is 7.44. The number of nitro groups is 1. The van der Waals surface area contributed by atoms with E-state index in [1.54, 1.807) is 11.9 Å². The zero-order chi connectivity index (χ0) is 15.1. The van der Waals surface area contributed by atoms with Gasteiger partial charge < -0.3 is 15.0 Å². The van der Waals surface area contributed by atoms with Gasteiger partial charge in [0.15, 0.2) is 0 Å². The number of carbonyl (C=O) groups is 1. The summed E-state index contributed by atoms with van der Waals surface area (Å²) in [6.45, 7) is 1.46. The molecular weight excluding hydrogens is 262 g/mol. The summed E-state index contributed by atoms with van der Waals surface area (Å²) >= 11 is 0. The Labute approximate surface area is 117 Å². The molecule has 0 bridgehead atoms. The fourth-order valence-electron chi connectivity index (χ4n) is 1.84. The fraction of sp³-hybridized carbons (Fsp3) is 0.462. The number of anilines is 1. The van der Waals surface area contributed by atoms with E-state index in [2.05, 4.69) is 10.1 Å². The van der Waals surface area contributed by atoms with Gasteiger partial charge in [-0.1, -0.05) is 0 Å². The van der Waals surface area contributed by atoms with Gasteiger partial charge in [-0.2, -0.15) is 0 Å². The van der Waals surface area contributed by atoms with Crippen LogP contribution in [0.15, 0.2) is 18.2 Å². The molecule has 7 heteroatoms. The van der Waals surface area contributed by atoms with Gasteiger partial charge in [-0.25, -0.2) is 4.79 Å². The minimum absolute atomic E-state index is 0.0235. The molecule has 0 aromatic heterocycles. The van der Waals surface area contributed by atoms with E-state index in [1.165, 1.54) is 25.3 Å². The third-order valence-corrected chi connectivity index (χ3v) is 2.92. The number of benzene rings is 1. The Morgan fingerprint density at radius 2 is 2.20 bits per heavy atom. The van der Waals surface area contributed by atoms with Crippen molar-refractivity contribution in [2.45, 2.75) is 6.42 Å². The lowest BCUT2D eigenvalue weighted by molar-refractivity contribution is -0.384. The molecule has 1 aromatic carbocycles. The molecule has 0 spiro atoms. The van der Waals surface area contributed by atoms with Gasteiger partial charge in [-0.15, -0.1) is 0 Å². The van der Waals surface area contributed by atoms with Crippen molar-refractivity contribution in [3.05, 3.63) is 33.9 Å². The number of methoxy groups -OCH3 is 1. The lowest BCUT2D eigenvalue weighted by Gasteiger charge is -2.19. The van der Waals surface area contributed by atoms with E-state index >= 15 is 0 Å². The fourth-order valence-corrected chi connectivity index (χ4v) is 1.84. The topological polar surface area (TPSA) is 84.7 Å². The van der Waals surface area contributed by atoms with E-state index in [9.17, 15) is 14.9 Å². The van der Waals surface area contributed by atoms with Gasteiger partial charge in [-0.3, -0.25) is 10.1 Å². The third kappa shape index (κ3) is 3.92. The van der Waals surface area contributed by atoms with E-state index in [0.29, 0.717) is 17.8 Å². The van der Waals surface area contributed by atoms with Crippen molar-refractivity contribution in [2.24, 2.45) is 0 Å². The Morgan fingerprint density at radius 3 is 2.75 bits per heavy atom. The van der Waals surface area contributed by atoms with Crippen molar-refractivity contribution in [1.29, 1.82) is 0 Å². The zero-order valence-electron chi connectivity index (χ0n) is 11.9. The van der Waals surface area contributed by atoms with Gasteiger partial charge in [0, 0.05) is 19.7 Å². The maximum atomic E-state index is 11.5. The van der Waals surface area contributed by atoms with Gasteiger partial charge in [0.05, 0.1) is 17.6 Å². The highest BCUT2D eigenvalue weighted by Gasteiger charge is 2.19. The van der Waals surface area contributed by atoms with Crippen LogP contribution in [-0.2, 0) is 4.74 Å². The van der Waals surface area contributed by atoms with Crippen LogP contribution in [0.5, 0.6) is 0 Å². The highest BCUT2D eigenvalue weighted by molar-refractivity contribution is 5.91. The number of nitrogens with one attached hydrogen (secondary N) is 1. The Balaban J connectivity index is 3.05. The predicted molar refractivity (Wildman–Crippen MR) is 76.2 cm³/mol. The number of carbonyl (C=O) groups excluding carboxylic acids is 1. The SMILES string of the molecule is CNCCCN(C)c1cc(C(=O)OC)ccc1[N+](=O)[O-]. The number of esters is 1. The van der Waals surface area contributed by atoms with Gasteiger partial charge in [0.1, 0.15) is 5.69 Å². The minimum atomic E-state index is -0.509. The van der Waals surface area contributed by atoms with Crippen molar-refractivity contribution < 1.29 is 14.5 Å². The van der Waals surface area contributed by atoms with Crippen LogP contribution in [0.4, 0.5) is 11.4 Å². The molecule has 0 radical (unpaired) electrons. The second-order valence-corrected chi connectivity index (χ2v) is 4.33. The molecule has 0 saturated heterocycles. The number of ether oxygens (including phenoxy) is 1. The first-order valence-corrected chi connectivity index (χ1v) is 6.23.